The number of alkyl halides is 3. The molecule has 0 aromatic carbocycles. The third-order valence-electron chi connectivity index (χ3n) is 2.82. The van der Waals surface area contributed by atoms with Gasteiger partial charge >= 0.3 is 6.18 Å². The molecule has 0 amide bonds. The minimum Gasteiger partial charge on any atom is -0.372 e. The van der Waals surface area contributed by atoms with Gasteiger partial charge in [-0.3, -0.25) is 0 Å². The van der Waals surface area contributed by atoms with Crippen molar-refractivity contribution in [2.45, 2.75) is 39.4 Å². The Morgan fingerprint density at radius 3 is 2.12 bits per heavy atom. The van der Waals surface area contributed by atoms with E-state index < -0.39 is 12.8 Å². The van der Waals surface area contributed by atoms with Gasteiger partial charge in [-0.25, -0.2) is 0 Å². The van der Waals surface area contributed by atoms with E-state index in [0.29, 0.717) is 18.3 Å². The van der Waals surface area contributed by atoms with Gasteiger partial charge in [-0.2, -0.15) is 13.2 Å². The fraction of sp³-hybridized carbons (Fsp3) is 1.00. The number of rotatable bonds is 7. The molecule has 0 saturated heterocycles. The van der Waals surface area contributed by atoms with Gasteiger partial charge in [0.25, 0.3) is 0 Å². The van der Waals surface area contributed by atoms with E-state index in [1.165, 1.54) is 0 Å². The van der Waals surface area contributed by atoms with Gasteiger partial charge in [0.05, 0.1) is 0 Å². The van der Waals surface area contributed by atoms with Crippen molar-refractivity contribution in [2.24, 2.45) is 11.8 Å². The van der Waals surface area contributed by atoms with E-state index in [1.54, 1.807) is 0 Å². The second kappa shape index (κ2) is 7.12. The molecule has 0 aliphatic carbocycles. The Kier molecular flexibility index (Phi) is 6.99. The van der Waals surface area contributed by atoms with Crippen molar-refractivity contribution >= 4 is 0 Å². The Bertz CT molecular complexity index is 183. The highest BCUT2D eigenvalue weighted by Crippen LogP contribution is 2.20. The Balaban J connectivity index is 3.86. The highest BCUT2D eigenvalue weighted by molar-refractivity contribution is 4.73. The summed E-state index contributed by atoms with van der Waals surface area (Å²) >= 11 is 0. The molecule has 1 N–H and O–H groups in total. The van der Waals surface area contributed by atoms with Crippen molar-refractivity contribution < 1.29 is 17.9 Å². The SMILES string of the molecule is CNC(C)C(CCOCC(F)(F)F)C(C)C. The molecule has 2 unspecified atom stereocenters. The van der Waals surface area contributed by atoms with Crippen LogP contribution in [0.3, 0.4) is 0 Å². The van der Waals surface area contributed by atoms with E-state index in [1.807, 2.05) is 14.0 Å². The Morgan fingerprint density at radius 2 is 1.75 bits per heavy atom. The van der Waals surface area contributed by atoms with Crippen LogP contribution in [0.15, 0.2) is 0 Å². The number of ether oxygens (including phenoxy) is 1. The highest BCUT2D eigenvalue weighted by Gasteiger charge is 2.27. The van der Waals surface area contributed by atoms with Gasteiger partial charge in [-0.1, -0.05) is 13.8 Å². The molecule has 0 rings (SSSR count). The molecule has 5 heteroatoms. The molecule has 0 fully saturated rings. The number of halogens is 3. The molecule has 0 aromatic rings. The van der Waals surface area contributed by atoms with Crippen molar-refractivity contribution in [3.8, 4) is 0 Å². The molecule has 0 saturated carbocycles. The average molecular weight is 241 g/mol. The second-order valence-corrected chi connectivity index (χ2v) is 4.44. The summed E-state index contributed by atoms with van der Waals surface area (Å²) in [6, 6.07) is 0.287. The van der Waals surface area contributed by atoms with Gasteiger partial charge < -0.3 is 10.1 Å². The van der Waals surface area contributed by atoms with E-state index in [-0.39, 0.29) is 12.6 Å². The summed E-state index contributed by atoms with van der Waals surface area (Å²) in [6.45, 7) is 5.19. The van der Waals surface area contributed by atoms with E-state index in [9.17, 15) is 13.2 Å². The topological polar surface area (TPSA) is 21.3 Å². The zero-order valence-electron chi connectivity index (χ0n) is 10.4. The standard InChI is InChI=1S/C11H22F3NO/c1-8(2)10(9(3)15-4)5-6-16-7-11(12,13)14/h8-10,15H,5-7H2,1-4H3. The van der Waals surface area contributed by atoms with Crippen molar-refractivity contribution in [1.29, 1.82) is 0 Å². The van der Waals surface area contributed by atoms with E-state index in [0.717, 1.165) is 0 Å². The first-order valence-electron chi connectivity index (χ1n) is 5.59. The summed E-state index contributed by atoms with van der Waals surface area (Å²) in [5.41, 5.74) is 0. The van der Waals surface area contributed by atoms with Gasteiger partial charge in [-0.05, 0) is 32.2 Å². The summed E-state index contributed by atoms with van der Waals surface area (Å²) in [4.78, 5) is 0. The van der Waals surface area contributed by atoms with Crippen LogP contribution >= 0.6 is 0 Å². The molecule has 0 aromatic heterocycles. The summed E-state index contributed by atoms with van der Waals surface area (Å²) in [6.07, 6.45) is -3.57. The molecule has 2 nitrogen and oxygen atoms in total. The predicted octanol–water partition coefficient (Wildman–Crippen LogP) is 2.84. The van der Waals surface area contributed by atoms with Crippen molar-refractivity contribution in [3.05, 3.63) is 0 Å². The molecule has 0 aliphatic heterocycles. The third-order valence-corrected chi connectivity index (χ3v) is 2.82. The lowest BCUT2D eigenvalue weighted by atomic mass is 9.87. The molecule has 0 heterocycles. The summed E-state index contributed by atoms with van der Waals surface area (Å²) < 4.78 is 40.1. The summed E-state index contributed by atoms with van der Waals surface area (Å²) in [5, 5.41) is 3.13. The van der Waals surface area contributed by atoms with Crippen molar-refractivity contribution in [1.82, 2.24) is 5.32 Å². The van der Waals surface area contributed by atoms with Gasteiger partial charge in [-0.15, -0.1) is 0 Å². The van der Waals surface area contributed by atoms with Gasteiger partial charge in [0.2, 0.25) is 0 Å². The largest absolute Gasteiger partial charge is 0.411 e. The average Bonchev–Trinajstić information content (AvgIpc) is 2.14. The minimum atomic E-state index is -4.22. The third kappa shape index (κ3) is 7.06. The Hall–Kier alpha value is -0.290. The maximum Gasteiger partial charge on any atom is 0.411 e. The van der Waals surface area contributed by atoms with Crippen molar-refractivity contribution in [3.63, 3.8) is 0 Å². The fourth-order valence-electron chi connectivity index (χ4n) is 1.78. The maximum absolute atomic E-state index is 11.8. The van der Waals surface area contributed by atoms with Crippen LogP contribution in [0.4, 0.5) is 13.2 Å². The zero-order valence-corrected chi connectivity index (χ0v) is 10.4. The normalized spacial score (nSPS) is 16.5. The first-order chi connectivity index (χ1) is 7.28. The molecule has 16 heavy (non-hydrogen) atoms. The molecule has 0 aliphatic rings. The number of hydrogen-bond acceptors (Lipinski definition) is 2. The summed E-state index contributed by atoms with van der Waals surface area (Å²) in [7, 11) is 1.86. The molecular weight excluding hydrogens is 219 g/mol. The van der Waals surface area contributed by atoms with Crippen LogP contribution < -0.4 is 5.32 Å². The Morgan fingerprint density at radius 1 is 1.19 bits per heavy atom. The maximum atomic E-state index is 11.8. The van der Waals surface area contributed by atoms with Crippen LogP contribution in [0.25, 0.3) is 0 Å². The number of nitrogens with one attached hydrogen (secondary N) is 1. The van der Waals surface area contributed by atoms with E-state index in [4.69, 9.17) is 0 Å². The molecule has 0 radical (unpaired) electrons. The van der Waals surface area contributed by atoms with Crippen LogP contribution in [0, 0.1) is 11.8 Å². The highest BCUT2D eigenvalue weighted by atomic mass is 19.4. The lowest BCUT2D eigenvalue weighted by Gasteiger charge is -2.27. The minimum absolute atomic E-state index is 0.161. The van der Waals surface area contributed by atoms with Gasteiger partial charge in [0.1, 0.15) is 6.61 Å². The van der Waals surface area contributed by atoms with Crippen LogP contribution in [0.1, 0.15) is 27.2 Å². The van der Waals surface area contributed by atoms with Crippen LogP contribution in [-0.4, -0.2) is 32.5 Å². The van der Waals surface area contributed by atoms with E-state index >= 15 is 0 Å². The number of hydrogen-bond donors (Lipinski definition) is 1. The van der Waals surface area contributed by atoms with Crippen molar-refractivity contribution in [2.75, 3.05) is 20.3 Å². The zero-order chi connectivity index (χ0) is 12.8. The smallest absolute Gasteiger partial charge is 0.372 e. The monoisotopic (exact) mass is 241 g/mol. The van der Waals surface area contributed by atoms with Crippen LogP contribution in [0.2, 0.25) is 0 Å². The molecule has 0 spiro atoms. The molecule has 98 valence electrons. The Labute approximate surface area is 95.5 Å². The molecule has 0 bridgehead atoms. The first-order valence-corrected chi connectivity index (χ1v) is 5.59. The van der Waals surface area contributed by atoms with E-state index in [2.05, 4.69) is 23.9 Å². The van der Waals surface area contributed by atoms with Crippen LogP contribution in [-0.2, 0) is 4.74 Å². The van der Waals surface area contributed by atoms with Gasteiger partial charge in [0.15, 0.2) is 0 Å². The fourth-order valence-corrected chi connectivity index (χ4v) is 1.78. The lowest BCUT2D eigenvalue weighted by Crippen LogP contribution is -2.34. The quantitative estimate of drug-likeness (QED) is 0.692. The molecular formula is C11H22F3NO. The van der Waals surface area contributed by atoms with Crippen LogP contribution in [0.5, 0.6) is 0 Å². The summed E-state index contributed by atoms with van der Waals surface area (Å²) in [5.74, 6) is 0.759. The molecule has 2 atom stereocenters. The lowest BCUT2D eigenvalue weighted by molar-refractivity contribution is -0.174. The second-order valence-electron chi connectivity index (χ2n) is 4.44. The predicted molar refractivity (Wildman–Crippen MR) is 58.3 cm³/mol. The van der Waals surface area contributed by atoms with Gasteiger partial charge in [0, 0.05) is 12.6 Å². The first kappa shape index (κ1) is 15.7.